The van der Waals surface area contributed by atoms with E-state index in [0.29, 0.717) is 12.4 Å². The zero-order valence-electron chi connectivity index (χ0n) is 15.8. The van der Waals surface area contributed by atoms with Gasteiger partial charge in [0.1, 0.15) is 12.4 Å². The molecule has 0 bridgehead atoms. The Labute approximate surface area is 160 Å². The summed E-state index contributed by atoms with van der Waals surface area (Å²) in [4.78, 5) is 15.6. The molecule has 1 N–H and O–H groups in total. The Morgan fingerprint density at radius 3 is 2.42 bits per heavy atom. The van der Waals surface area contributed by atoms with Gasteiger partial charge in [-0.2, -0.15) is 0 Å². The quantitative estimate of drug-likeness (QED) is 0.626. The van der Waals surface area contributed by atoms with Crippen molar-refractivity contribution < 1.29 is 9.53 Å². The predicted molar refractivity (Wildman–Crippen MR) is 110 cm³/mol. The highest BCUT2D eigenvalue weighted by Gasteiger charge is 2.06. The van der Waals surface area contributed by atoms with Gasteiger partial charge in [0, 0.05) is 17.1 Å². The van der Waals surface area contributed by atoms with E-state index in [4.69, 9.17) is 4.74 Å². The topological polar surface area (TPSA) is 41.6 Å². The van der Waals surface area contributed by atoms with Gasteiger partial charge in [0.05, 0.1) is 5.75 Å². The summed E-state index contributed by atoms with van der Waals surface area (Å²) in [6.07, 6.45) is 0. The second kappa shape index (κ2) is 10.9. The Kier molecular flexibility index (Phi) is 8.51. The monoisotopic (exact) mass is 372 g/mol. The van der Waals surface area contributed by atoms with Gasteiger partial charge in [-0.15, -0.1) is 11.8 Å². The first-order valence-corrected chi connectivity index (χ1v) is 10.0. The third-order valence-corrected chi connectivity index (χ3v) is 5.34. The van der Waals surface area contributed by atoms with Crippen molar-refractivity contribution in [2.45, 2.75) is 25.7 Å². The second-order valence-corrected chi connectivity index (χ2v) is 7.02. The van der Waals surface area contributed by atoms with Gasteiger partial charge in [-0.1, -0.05) is 32.0 Å². The standard InChI is InChI=1S/C21H28N2O2S/c1-4-23(5-2)14-15-25-19-12-10-18(11-13-19)22-21(24)16-26-20-9-7-6-8-17(20)3/h6-13H,4-5,14-16H2,1-3H3,(H,22,24). The molecular weight excluding hydrogens is 344 g/mol. The Morgan fingerprint density at radius 1 is 1.08 bits per heavy atom. The molecule has 0 aliphatic carbocycles. The van der Waals surface area contributed by atoms with E-state index in [1.54, 1.807) is 11.8 Å². The molecule has 0 saturated carbocycles. The molecule has 2 aromatic rings. The molecule has 0 aliphatic rings. The summed E-state index contributed by atoms with van der Waals surface area (Å²) >= 11 is 1.55. The number of ether oxygens (including phenoxy) is 1. The van der Waals surface area contributed by atoms with Gasteiger partial charge < -0.3 is 15.0 Å². The summed E-state index contributed by atoms with van der Waals surface area (Å²) in [5.41, 5.74) is 1.98. The lowest BCUT2D eigenvalue weighted by atomic mass is 10.2. The van der Waals surface area contributed by atoms with Crippen LogP contribution in [0.1, 0.15) is 19.4 Å². The average Bonchev–Trinajstić information content (AvgIpc) is 2.66. The van der Waals surface area contributed by atoms with E-state index in [2.05, 4.69) is 37.1 Å². The highest BCUT2D eigenvalue weighted by atomic mass is 32.2. The number of benzene rings is 2. The second-order valence-electron chi connectivity index (χ2n) is 6.00. The van der Waals surface area contributed by atoms with Crippen LogP contribution in [-0.2, 0) is 4.79 Å². The van der Waals surface area contributed by atoms with Crippen LogP contribution in [0.3, 0.4) is 0 Å². The van der Waals surface area contributed by atoms with Crippen molar-refractivity contribution in [1.29, 1.82) is 0 Å². The van der Waals surface area contributed by atoms with Crippen LogP contribution < -0.4 is 10.1 Å². The third-order valence-electron chi connectivity index (χ3n) is 4.16. The van der Waals surface area contributed by atoms with Crippen molar-refractivity contribution >= 4 is 23.4 Å². The Hall–Kier alpha value is -1.98. The molecule has 5 heteroatoms. The number of carbonyl (C=O) groups excluding carboxylic acids is 1. The molecular formula is C21H28N2O2S. The number of aryl methyl sites for hydroxylation is 1. The fourth-order valence-corrected chi connectivity index (χ4v) is 3.35. The molecule has 0 heterocycles. The van der Waals surface area contributed by atoms with Crippen LogP contribution in [0.15, 0.2) is 53.4 Å². The SMILES string of the molecule is CCN(CC)CCOc1ccc(NC(=O)CSc2ccccc2C)cc1. The highest BCUT2D eigenvalue weighted by molar-refractivity contribution is 8.00. The molecule has 0 atom stereocenters. The summed E-state index contributed by atoms with van der Waals surface area (Å²) in [5, 5.41) is 2.93. The first-order valence-electron chi connectivity index (χ1n) is 9.05. The van der Waals surface area contributed by atoms with Crippen molar-refractivity contribution in [3.63, 3.8) is 0 Å². The lowest BCUT2D eigenvalue weighted by Crippen LogP contribution is -2.27. The van der Waals surface area contributed by atoms with Gasteiger partial charge >= 0.3 is 0 Å². The van der Waals surface area contributed by atoms with Gasteiger partial charge in [-0.05, 0) is 55.9 Å². The van der Waals surface area contributed by atoms with E-state index < -0.39 is 0 Å². The molecule has 4 nitrogen and oxygen atoms in total. The maximum Gasteiger partial charge on any atom is 0.234 e. The Bertz CT molecular complexity index is 685. The third kappa shape index (κ3) is 6.73. The number of carbonyl (C=O) groups is 1. The number of rotatable bonds is 10. The number of amides is 1. The summed E-state index contributed by atoms with van der Waals surface area (Å²) in [5.74, 6) is 1.21. The van der Waals surface area contributed by atoms with Crippen molar-refractivity contribution in [3.05, 3.63) is 54.1 Å². The molecule has 0 radical (unpaired) electrons. The summed E-state index contributed by atoms with van der Waals surface area (Å²) < 4.78 is 5.76. The van der Waals surface area contributed by atoms with E-state index in [9.17, 15) is 4.79 Å². The zero-order valence-corrected chi connectivity index (χ0v) is 16.6. The molecule has 0 aromatic heterocycles. The molecule has 0 fully saturated rings. The minimum absolute atomic E-state index is 0.00606. The van der Waals surface area contributed by atoms with E-state index >= 15 is 0 Å². The van der Waals surface area contributed by atoms with Gasteiger partial charge in [-0.3, -0.25) is 4.79 Å². The van der Waals surface area contributed by atoms with E-state index in [-0.39, 0.29) is 5.91 Å². The van der Waals surface area contributed by atoms with Crippen molar-refractivity contribution in [2.24, 2.45) is 0 Å². The minimum atomic E-state index is -0.00606. The molecule has 0 unspecified atom stereocenters. The Morgan fingerprint density at radius 2 is 1.77 bits per heavy atom. The van der Waals surface area contributed by atoms with E-state index in [1.165, 1.54) is 5.56 Å². The normalized spacial score (nSPS) is 10.8. The number of thioether (sulfide) groups is 1. The zero-order chi connectivity index (χ0) is 18.8. The first kappa shape index (κ1) is 20.3. The first-order chi connectivity index (χ1) is 12.6. The largest absolute Gasteiger partial charge is 0.492 e. The van der Waals surface area contributed by atoms with E-state index in [1.807, 2.05) is 42.5 Å². The number of nitrogens with zero attached hydrogens (tertiary/aromatic N) is 1. The number of nitrogens with one attached hydrogen (secondary N) is 1. The lowest BCUT2D eigenvalue weighted by Gasteiger charge is -2.18. The molecule has 1 amide bonds. The molecule has 0 spiro atoms. The highest BCUT2D eigenvalue weighted by Crippen LogP contribution is 2.22. The number of anilines is 1. The van der Waals surface area contributed by atoms with Crippen molar-refractivity contribution in [1.82, 2.24) is 4.90 Å². The maximum atomic E-state index is 12.1. The molecule has 2 rings (SSSR count). The van der Waals surface area contributed by atoms with Crippen LogP contribution in [-0.4, -0.2) is 42.8 Å². The molecule has 0 aliphatic heterocycles. The van der Waals surface area contributed by atoms with E-state index in [0.717, 1.165) is 36.0 Å². The van der Waals surface area contributed by atoms with Crippen LogP contribution in [0.2, 0.25) is 0 Å². The molecule has 2 aromatic carbocycles. The van der Waals surface area contributed by atoms with Crippen molar-refractivity contribution in [2.75, 3.05) is 37.3 Å². The fraction of sp³-hybridized carbons (Fsp3) is 0.381. The van der Waals surface area contributed by atoms with Crippen LogP contribution in [0.4, 0.5) is 5.69 Å². The van der Waals surface area contributed by atoms with Crippen LogP contribution in [0, 0.1) is 6.92 Å². The minimum Gasteiger partial charge on any atom is -0.492 e. The number of likely N-dealkylation sites (N-methyl/N-ethyl adjacent to an activating group) is 1. The summed E-state index contributed by atoms with van der Waals surface area (Å²) in [7, 11) is 0. The average molecular weight is 373 g/mol. The van der Waals surface area contributed by atoms with Crippen molar-refractivity contribution in [3.8, 4) is 5.75 Å². The number of hydrogen-bond donors (Lipinski definition) is 1. The molecule has 140 valence electrons. The Balaban J connectivity index is 1.75. The smallest absolute Gasteiger partial charge is 0.234 e. The maximum absolute atomic E-state index is 12.1. The predicted octanol–water partition coefficient (Wildman–Crippen LogP) is 4.45. The van der Waals surface area contributed by atoms with Gasteiger partial charge in [0.25, 0.3) is 0 Å². The van der Waals surface area contributed by atoms with Gasteiger partial charge in [-0.25, -0.2) is 0 Å². The summed E-state index contributed by atoms with van der Waals surface area (Å²) in [6, 6.07) is 15.6. The summed E-state index contributed by atoms with van der Waals surface area (Å²) in [6.45, 7) is 10.0. The molecule has 26 heavy (non-hydrogen) atoms. The van der Waals surface area contributed by atoms with Gasteiger partial charge in [0.15, 0.2) is 0 Å². The molecule has 0 saturated heterocycles. The van der Waals surface area contributed by atoms with Crippen LogP contribution in [0.5, 0.6) is 5.75 Å². The van der Waals surface area contributed by atoms with Crippen LogP contribution >= 0.6 is 11.8 Å². The lowest BCUT2D eigenvalue weighted by molar-refractivity contribution is -0.113. The fourth-order valence-electron chi connectivity index (χ4n) is 2.53. The number of hydrogen-bond acceptors (Lipinski definition) is 4. The van der Waals surface area contributed by atoms with Gasteiger partial charge in [0.2, 0.25) is 5.91 Å². The van der Waals surface area contributed by atoms with Crippen LogP contribution in [0.25, 0.3) is 0 Å².